The predicted molar refractivity (Wildman–Crippen MR) is 109 cm³/mol. The van der Waals surface area contributed by atoms with Crippen LogP contribution in [0.4, 0.5) is 9.59 Å². The van der Waals surface area contributed by atoms with Gasteiger partial charge in [-0.25, -0.2) is 19.2 Å². The van der Waals surface area contributed by atoms with Gasteiger partial charge in [0.1, 0.15) is 13.2 Å². The Labute approximate surface area is 177 Å². The van der Waals surface area contributed by atoms with E-state index in [-0.39, 0.29) is 38.3 Å². The van der Waals surface area contributed by atoms with Crippen molar-refractivity contribution in [2.75, 3.05) is 26.4 Å². The van der Waals surface area contributed by atoms with E-state index in [0.29, 0.717) is 0 Å². The summed E-state index contributed by atoms with van der Waals surface area (Å²) >= 11 is 0. The van der Waals surface area contributed by atoms with Crippen LogP contribution in [-0.2, 0) is 28.5 Å². The molecule has 2 amide bonds. The Morgan fingerprint density at radius 1 is 0.667 bits per heavy atom. The van der Waals surface area contributed by atoms with Crippen LogP contribution in [0, 0.1) is 11.8 Å². The monoisotopic (exact) mass is 430 g/mol. The summed E-state index contributed by atoms with van der Waals surface area (Å²) in [4.78, 5) is 46.7. The van der Waals surface area contributed by atoms with Crippen molar-refractivity contribution >= 4 is 24.1 Å². The Kier molecular flexibility index (Phi) is 13.7. The molecule has 0 saturated carbocycles. The fourth-order valence-electron chi connectivity index (χ4n) is 2.03. The molecule has 2 N–H and O–H groups in total. The number of hydrogen-bond donors (Lipinski definition) is 2. The van der Waals surface area contributed by atoms with E-state index in [1.54, 1.807) is 13.8 Å². The zero-order valence-electron chi connectivity index (χ0n) is 18.6. The number of hydrogen-bond acceptors (Lipinski definition) is 8. The first-order valence-electron chi connectivity index (χ1n) is 9.98. The molecule has 0 rings (SSSR count). The summed E-state index contributed by atoms with van der Waals surface area (Å²) < 4.78 is 19.7. The number of rotatable bonds is 12. The third-order valence-electron chi connectivity index (χ3n) is 3.93. The molecule has 30 heavy (non-hydrogen) atoms. The van der Waals surface area contributed by atoms with E-state index in [4.69, 9.17) is 18.9 Å². The van der Waals surface area contributed by atoms with E-state index in [0.717, 1.165) is 12.2 Å². The summed E-state index contributed by atoms with van der Waals surface area (Å²) in [5.41, 5.74) is 0. The van der Waals surface area contributed by atoms with E-state index in [1.807, 2.05) is 27.7 Å². The minimum Gasteiger partial charge on any atom is -0.460 e. The Balaban J connectivity index is 4.49. The van der Waals surface area contributed by atoms with Crippen LogP contribution in [0.5, 0.6) is 0 Å². The van der Waals surface area contributed by atoms with E-state index in [9.17, 15) is 19.2 Å². The number of carbonyl (C=O) groups is 4. The topological polar surface area (TPSA) is 129 Å². The maximum absolute atomic E-state index is 11.8. The number of nitrogens with one attached hydrogen (secondary N) is 2. The summed E-state index contributed by atoms with van der Waals surface area (Å²) in [5, 5.41) is 5.21. The molecule has 0 aliphatic carbocycles. The van der Waals surface area contributed by atoms with E-state index in [1.165, 1.54) is 0 Å². The van der Waals surface area contributed by atoms with Crippen molar-refractivity contribution in [3.05, 3.63) is 12.2 Å². The van der Waals surface area contributed by atoms with Gasteiger partial charge < -0.3 is 29.6 Å². The Morgan fingerprint density at radius 2 is 1.00 bits per heavy atom. The van der Waals surface area contributed by atoms with Gasteiger partial charge in [-0.15, -0.1) is 0 Å². The highest BCUT2D eigenvalue weighted by atomic mass is 16.6. The molecule has 0 unspecified atom stereocenters. The smallest absolute Gasteiger partial charge is 0.407 e. The summed E-state index contributed by atoms with van der Waals surface area (Å²) in [6, 6.07) is -0.872. The average molecular weight is 430 g/mol. The quantitative estimate of drug-likeness (QED) is 0.274. The maximum atomic E-state index is 11.8. The molecule has 0 aromatic carbocycles. The summed E-state index contributed by atoms with van der Waals surface area (Å²) in [7, 11) is 0. The predicted octanol–water partition coefficient (Wildman–Crippen LogP) is 2.17. The number of ether oxygens (including phenoxy) is 4. The molecule has 0 bridgehead atoms. The van der Waals surface area contributed by atoms with Crippen molar-refractivity contribution in [2.45, 2.75) is 53.6 Å². The van der Waals surface area contributed by atoms with Gasteiger partial charge in [0.15, 0.2) is 0 Å². The highest BCUT2D eigenvalue weighted by Crippen LogP contribution is 2.05. The van der Waals surface area contributed by atoms with Crippen LogP contribution >= 0.6 is 0 Å². The normalized spacial score (nSPS) is 12.9. The van der Waals surface area contributed by atoms with Gasteiger partial charge in [0.2, 0.25) is 0 Å². The van der Waals surface area contributed by atoms with E-state index in [2.05, 4.69) is 10.6 Å². The molecule has 0 aliphatic heterocycles. The Hall–Kier alpha value is -2.78. The van der Waals surface area contributed by atoms with Crippen LogP contribution in [0.3, 0.4) is 0 Å². The van der Waals surface area contributed by atoms with Gasteiger partial charge in [-0.1, -0.05) is 27.7 Å². The minimum atomic E-state index is -0.756. The van der Waals surface area contributed by atoms with Gasteiger partial charge in [0.25, 0.3) is 0 Å². The lowest BCUT2D eigenvalue weighted by molar-refractivity contribution is -0.141. The molecule has 10 nitrogen and oxygen atoms in total. The lowest BCUT2D eigenvalue weighted by atomic mass is 10.1. The molecule has 0 radical (unpaired) electrons. The maximum Gasteiger partial charge on any atom is 0.407 e. The largest absolute Gasteiger partial charge is 0.460 e. The number of esters is 2. The van der Waals surface area contributed by atoms with E-state index < -0.39 is 36.2 Å². The van der Waals surface area contributed by atoms with Crippen molar-refractivity contribution in [2.24, 2.45) is 11.8 Å². The molecule has 0 spiro atoms. The van der Waals surface area contributed by atoms with Crippen molar-refractivity contribution in [3.63, 3.8) is 0 Å². The molecule has 0 aromatic rings. The standard InChI is InChI=1S/C20H34N2O8/c1-7-27-19(25)21-15(13(3)4)11-29-17(23)9-10-18(24)30-12-16(14(5)6)22-20(26)28-8-2/h9-10,13-16H,7-8,11-12H2,1-6H3,(H,21,25)(H,22,26)/b10-9+/t15-,16-/m0/s1. The van der Waals surface area contributed by atoms with Gasteiger partial charge in [0.05, 0.1) is 25.3 Å². The molecule has 172 valence electrons. The first-order chi connectivity index (χ1) is 14.1. The highest BCUT2D eigenvalue weighted by Gasteiger charge is 2.20. The second-order valence-electron chi connectivity index (χ2n) is 7.02. The Morgan fingerprint density at radius 3 is 1.27 bits per heavy atom. The Bertz CT molecular complexity index is 539. The van der Waals surface area contributed by atoms with Crippen LogP contribution in [0.15, 0.2) is 12.2 Å². The van der Waals surface area contributed by atoms with Crippen LogP contribution in [0.1, 0.15) is 41.5 Å². The van der Waals surface area contributed by atoms with Gasteiger partial charge in [0, 0.05) is 12.2 Å². The SMILES string of the molecule is CCOC(=O)N[C@@H](COC(=O)/C=C/C(=O)OC[C@H](NC(=O)OCC)C(C)C)C(C)C. The van der Waals surface area contributed by atoms with Gasteiger partial charge >= 0.3 is 24.1 Å². The zero-order chi connectivity index (χ0) is 23.1. The summed E-state index contributed by atoms with van der Waals surface area (Å²) in [5.74, 6) is -1.52. The second-order valence-corrected chi connectivity index (χ2v) is 7.02. The summed E-state index contributed by atoms with van der Waals surface area (Å²) in [6.45, 7) is 11.1. The molecule has 0 aliphatic rings. The molecule has 2 atom stereocenters. The summed E-state index contributed by atoms with van der Waals surface area (Å²) in [6.07, 6.45) is 0.686. The van der Waals surface area contributed by atoms with Crippen molar-refractivity contribution in [1.29, 1.82) is 0 Å². The van der Waals surface area contributed by atoms with Gasteiger partial charge in [-0.3, -0.25) is 0 Å². The zero-order valence-corrected chi connectivity index (χ0v) is 18.6. The average Bonchev–Trinajstić information content (AvgIpc) is 2.66. The first kappa shape index (κ1) is 27.2. The lowest BCUT2D eigenvalue weighted by Gasteiger charge is -2.21. The molecule has 0 heterocycles. The van der Waals surface area contributed by atoms with Crippen LogP contribution < -0.4 is 10.6 Å². The number of carbonyl (C=O) groups excluding carboxylic acids is 4. The molecule has 10 heteroatoms. The fourth-order valence-corrected chi connectivity index (χ4v) is 2.03. The second kappa shape index (κ2) is 15.1. The van der Waals surface area contributed by atoms with Crippen LogP contribution in [0.25, 0.3) is 0 Å². The number of amides is 2. The molecular formula is C20H34N2O8. The van der Waals surface area contributed by atoms with Crippen molar-refractivity contribution in [1.82, 2.24) is 10.6 Å². The third kappa shape index (κ3) is 12.6. The van der Waals surface area contributed by atoms with Crippen LogP contribution in [-0.4, -0.2) is 62.6 Å². The highest BCUT2D eigenvalue weighted by molar-refractivity contribution is 5.91. The first-order valence-corrected chi connectivity index (χ1v) is 9.98. The van der Waals surface area contributed by atoms with Gasteiger partial charge in [-0.05, 0) is 25.7 Å². The van der Waals surface area contributed by atoms with Crippen molar-refractivity contribution in [3.8, 4) is 0 Å². The fraction of sp³-hybridized carbons (Fsp3) is 0.700. The molecular weight excluding hydrogens is 396 g/mol. The molecule has 0 aromatic heterocycles. The lowest BCUT2D eigenvalue weighted by Crippen LogP contribution is -2.42. The molecule has 0 fully saturated rings. The third-order valence-corrected chi connectivity index (χ3v) is 3.93. The number of alkyl carbamates (subject to hydrolysis) is 2. The van der Waals surface area contributed by atoms with Crippen LogP contribution in [0.2, 0.25) is 0 Å². The van der Waals surface area contributed by atoms with E-state index >= 15 is 0 Å². The van der Waals surface area contributed by atoms with Gasteiger partial charge in [-0.2, -0.15) is 0 Å². The molecule has 0 saturated heterocycles. The minimum absolute atomic E-state index is 0.00369. The van der Waals surface area contributed by atoms with Crippen molar-refractivity contribution < 1.29 is 38.1 Å².